The Morgan fingerprint density at radius 3 is 2.43 bits per heavy atom. The topological polar surface area (TPSA) is 86.6 Å². The average molecular weight is 315 g/mol. The summed E-state index contributed by atoms with van der Waals surface area (Å²) < 4.78 is 23.3. The molecule has 0 bridgehead atoms. The Bertz CT molecular complexity index is 576. The van der Waals surface area contributed by atoms with Crippen LogP contribution in [0.5, 0.6) is 5.75 Å². The minimum absolute atomic E-state index is 0.0187. The highest BCUT2D eigenvalue weighted by Crippen LogP contribution is 2.24. The Hall–Kier alpha value is -1.11. The molecule has 120 valence electrons. The molecule has 1 aromatic rings. The number of β-amino-alcohol motifs (C(OH)–C–C–N with tert-alkyl or cyclic N) is 1. The Balaban J connectivity index is 2.91. The zero-order chi connectivity index (χ0) is 16.3. The van der Waals surface area contributed by atoms with E-state index in [1.165, 1.54) is 6.07 Å². The van der Waals surface area contributed by atoms with E-state index in [2.05, 4.69) is 5.32 Å². The van der Waals surface area contributed by atoms with Crippen LogP contribution in [0.25, 0.3) is 0 Å². The normalized spacial score (nSPS) is 14.1. The molecule has 5 nitrogen and oxygen atoms in total. The van der Waals surface area contributed by atoms with E-state index in [9.17, 15) is 18.6 Å². The fraction of sp³-hybridized carbons (Fsp3) is 0.600. The van der Waals surface area contributed by atoms with Crippen molar-refractivity contribution in [1.82, 2.24) is 5.32 Å². The number of hydrogen-bond acceptors (Lipinski definition) is 5. The van der Waals surface area contributed by atoms with E-state index >= 15 is 0 Å². The van der Waals surface area contributed by atoms with Gasteiger partial charge in [-0.2, -0.15) is 0 Å². The molecular weight excluding hydrogens is 290 g/mol. The first kappa shape index (κ1) is 17.9. The number of sulfone groups is 1. The Morgan fingerprint density at radius 2 is 1.90 bits per heavy atom. The molecule has 6 heteroatoms. The zero-order valence-corrected chi connectivity index (χ0v) is 13.9. The van der Waals surface area contributed by atoms with Crippen LogP contribution in [0, 0.1) is 0 Å². The molecule has 1 unspecified atom stereocenters. The van der Waals surface area contributed by atoms with Crippen LogP contribution < -0.4 is 5.32 Å². The first-order valence-electron chi connectivity index (χ1n) is 6.99. The van der Waals surface area contributed by atoms with Gasteiger partial charge in [0.15, 0.2) is 9.84 Å². The van der Waals surface area contributed by atoms with Crippen molar-refractivity contribution in [3.05, 3.63) is 29.3 Å². The Morgan fingerprint density at radius 1 is 1.29 bits per heavy atom. The highest BCUT2D eigenvalue weighted by atomic mass is 32.2. The van der Waals surface area contributed by atoms with Gasteiger partial charge in [0.25, 0.3) is 0 Å². The molecule has 0 aliphatic heterocycles. The van der Waals surface area contributed by atoms with Crippen LogP contribution in [-0.4, -0.2) is 36.5 Å². The maximum absolute atomic E-state index is 11.7. The lowest BCUT2D eigenvalue weighted by atomic mass is 10.0. The molecule has 0 spiro atoms. The summed E-state index contributed by atoms with van der Waals surface area (Å²) in [5.41, 5.74) is 0.793. The molecule has 1 rings (SSSR count). The van der Waals surface area contributed by atoms with Crippen LogP contribution in [0.4, 0.5) is 0 Å². The van der Waals surface area contributed by atoms with E-state index in [0.29, 0.717) is 17.7 Å². The van der Waals surface area contributed by atoms with Gasteiger partial charge in [-0.05, 0) is 38.5 Å². The van der Waals surface area contributed by atoms with Gasteiger partial charge in [-0.25, -0.2) is 8.42 Å². The number of aliphatic hydroxyl groups is 1. The fourth-order valence-electron chi connectivity index (χ4n) is 1.79. The van der Waals surface area contributed by atoms with Crippen molar-refractivity contribution < 1.29 is 18.6 Å². The van der Waals surface area contributed by atoms with Crippen molar-refractivity contribution in [3.8, 4) is 5.75 Å². The third-order valence-electron chi connectivity index (χ3n) is 3.13. The number of aromatic hydroxyl groups is 1. The van der Waals surface area contributed by atoms with Gasteiger partial charge >= 0.3 is 0 Å². The van der Waals surface area contributed by atoms with Gasteiger partial charge in [-0.15, -0.1) is 0 Å². The molecule has 0 radical (unpaired) electrons. The molecule has 0 aromatic heterocycles. The van der Waals surface area contributed by atoms with Crippen LogP contribution in [0.2, 0.25) is 0 Å². The van der Waals surface area contributed by atoms with E-state index in [1.807, 2.05) is 20.8 Å². The monoisotopic (exact) mass is 315 g/mol. The Labute approximate surface area is 126 Å². The van der Waals surface area contributed by atoms with Crippen LogP contribution in [0.3, 0.4) is 0 Å². The molecule has 0 saturated carbocycles. The summed E-state index contributed by atoms with van der Waals surface area (Å²) in [6.07, 6.45) is -0.757. The number of benzene rings is 1. The summed E-state index contributed by atoms with van der Waals surface area (Å²) in [6, 6.07) is 4.58. The predicted molar refractivity (Wildman–Crippen MR) is 84.0 cm³/mol. The highest BCUT2D eigenvalue weighted by molar-refractivity contribution is 7.90. The van der Waals surface area contributed by atoms with Crippen molar-refractivity contribution in [2.45, 2.75) is 45.1 Å². The minimum atomic E-state index is -3.23. The molecule has 0 saturated heterocycles. The maximum atomic E-state index is 11.7. The quantitative estimate of drug-likeness (QED) is 0.744. The highest BCUT2D eigenvalue weighted by Gasteiger charge is 2.17. The van der Waals surface area contributed by atoms with E-state index in [0.717, 1.165) is 0 Å². The number of aliphatic hydroxyl groups excluding tert-OH is 1. The standard InChI is InChI=1S/C15H25NO4S/c1-5-21(19,20)10-12-8-11(6-7-13(12)17)14(18)9-16-15(2,3)4/h6-8,14,16-18H,5,9-10H2,1-4H3. The summed E-state index contributed by atoms with van der Waals surface area (Å²) in [7, 11) is -3.23. The number of phenols is 1. The van der Waals surface area contributed by atoms with Crippen LogP contribution in [-0.2, 0) is 15.6 Å². The average Bonchev–Trinajstić information content (AvgIpc) is 2.37. The largest absolute Gasteiger partial charge is 0.508 e. The molecule has 3 N–H and O–H groups in total. The number of rotatable bonds is 6. The summed E-state index contributed by atoms with van der Waals surface area (Å²) >= 11 is 0. The van der Waals surface area contributed by atoms with Crippen molar-refractivity contribution in [3.63, 3.8) is 0 Å². The second kappa shape index (κ2) is 6.77. The predicted octanol–water partition coefficient (Wildman–Crippen LogP) is 1.75. The van der Waals surface area contributed by atoms with Gasteiger partial charge < -0.3 is 15.5 Å². The summed E-state index contributed by atoms with van der Waals surface area (Å²) in [5.74, 6) is -0.264. The third kappa shape index (κ3) is 6.03. The van der Waals surface area contributed by atoms with Gasteiger partial charge in [0.05, 0.1) is 11.9 Å². The second-order valence-corrected chi connectivity index (χ2v) is 8.56. The molecule has 0 aliphatic carbocycles. The summed E-state index contributed by atoms with van der Waals surface area (Å²) in [4.78, 5) is 0. The van der Waals surface area contributed by atoms with E-state index in [1.54, 1.807) is 19.1 Å². The smallest absolute Gasteiger partial charge is 0.154 e. The van der Waals surface area contributed by atoms with Gasteiger partial charge in [0.2, 0.25) is 0 Å². The van der Waals surface area contributed by atoms with Gasteiger partial charge in [-0.3, -0.25) is 0 Å². The molecule has 0 amide bonds. The third-order valence-corrected chi connectivity index (χ3v) is 4.76. The number of nitrogens with one attached hydrogen (secondary N) is 1. The second-order valence-electron chi connectivity index (χ2n) is 6.21. The molecule has 0 fully saturated rings. The minimum Gasteiger partial charge on any atom is -0.508 e. The zero-order valence-electron chi connectivity index (χ0n) is 13.0. The summed E-state index contributed by atoms with van der Waals surface area (Å²) in [6.45, 7) is 7.91. The molecule has 1 atom stereocenters. The van der Waals surface area contributed by atoms with E-state index in [-0.39, 0.29) is 22.8 Å². The maximum Gasteiger partial charge on any atom is 0.154 e. The van der Waals surface area contributed by atoms with Crippen molar-refractivity contribution in [2.24, 2.45) is 0 Å². The Kier molecular flexibility index (Phi) is 5.78. The van der Waals surface area contributed by atoms with Gasteiger partial charge in [0, 0.05) is 23.4 Å². The molecule has 0 heterocycles. The SMILES string of the molecule is CCS(=O)(=O)Cc1cc(C(O)CNC(C)(C)C)ccc1O. The molecular formula is C15H25NO4S. The lowest BCUT2D eigenvalue weighted by Crippen LogP contribution is -2.38. The van der Waals surface area contributed by atoms with Crippen LogP contribution >= 0.6 is 0 Å². The molecule has 1 aromatic carbocycles. The first-order valence-corrected chi connectivity index (χ1v) is 8.81. The molecule has 0 aliphatic rings. The van der Waals surface area contributed by atoms with Crippen molar-refractivity contribution in [1.29, 1.82) is 0 Å². The van der Waals surface area contributed by atoms with E-state index in [4.69, 9.17) is 0 Å². The van der Waals surface area contributed by atoms with Crippen molar-refractivity contribution >= 4 is 9.84 Å². The number of hydrogen-bond donors (Lipinski definition) is 3. The lowest BCUT2D eigenvalue weighted by Gasteiger charge is -2.23. The van der Waals surface area contributed by atoms with Gasteiger partial charge in [0.1, 0.15) is 5.75 Å². The van der Waals surface area contributed by atoms with Crippen molar-refractivity contribution in [2.75, 3.05) is 12.3 Å². The number of phenolic OH excluding ortho intramolecular Hbond substituents is 1. The van der Waals surface area contributed by atoms with Crippen LogP contribution in [0.15, 0.2) is 18.2 Å². The first-order chi connectivity index (χ1) is 9.54. The molecule has 21 heavy (non-hydrogen) atoms. The fourth-order valence-corrected chi connectivity index (χ4v) is 2.70. The van der Waals surface area contributed by atoms with Crippen LogP contribution in [0.1, 0.15) is 44.9 Å². The van der Waals surface area contributed by atoms with E-state index < -0.39 is 15.9 Å². The summed E-state index contributed by atoms with van der Waals surface area (Å²) in [5, 5.41) is 23.1. The van der Waals surface area contributed by atoms with Gasteiger partial charge in [-0.1, -0.05) is 13.0 Å². The lowest BCUT2D eigenvalue weighted by molar-refractivity contribution is 0.163.